The van der Waals surface area contributed by atoms with Gasteiger partial charge in [0.15, 0.2) is 17.1 Å². The van der Waals surface area contributed by atoms with Crippen LogP contribution in [0.2, 0.25) is 0 Å². The number of nitrogens with two attached hydrogens (primary N) is 1. The molecule has 4 aromatic rings. The van der Waals surface area contributed by atoms with Gasteiger partial charge in [0.05, 0.1) is 35.7 Å². The van der Waals surface area contributed by atoms with E-state index in [1.807, 2.05) is 48.7 Å². The number of rotatable bonds is 7. The molecule has 0 fully saturated rings. The minimum Gasteiger partial charge on any atom is -0.493 e. The van der Waals surface area contributed by atoms with Gasteiger partial charge in [-0.25, -0.2) is 23.1 Å². The zero-order valence-corrected chi connectivity index (χ0v) is 18.9. The van der Waals surface area contributed by atoms with Gasteiger partial charge in [-0.3, -0.25) is 0 Å². The number of fused-ring (bicyclic) bond motifs is 1. The molecule has 0 aliphatic carbocycles. The van der Waals surface area contributed by atoms with Crippen LogP contribution in [0.25, 0.3) is 16.9 Å². The summed E-state index contributed by atoms with van der Waals surface area (Å²) in [5.74, 6) is 1.32. The van der Waals surface area contributed by atoms with Crippen molar-refractivity contribution in [2.24, 2.45) is 5.14 Å². The SMILES string of the molecule is CCOc1ccc(-c2ccc3nc(C)c(Cc4ccc(S(N)(=O)=O)cc4)n3n2)cc1OC. The highest BCUT2D eigenvalue weighted by Crippen LogP contribution is 2.32. The number of aryl methyl sites for hydroxylation is 1. The number of benzene rings is 2. The van der Waals surface area contributed by atoms with Crippen molar-refractivity contribution < 1.29 is 17.9 Å². The topological polar surface area (TPSA) is 109 Å². The number of sulfonamides is 1. The number of nitrogens with zero attached hydrogens (tertiary/aromatic N) is 3. The summed E-state index contributed by atoms with van der Waals surface area (Å²) in [5, 5.41) is 10.0. The van der Waals surface area contributed by atoms with Crippen LogP contribution < -0.4 is 14.6 Å². The van der Waals surface area contributed by atoms with Gasteiger partial charge in [0.2, 0.25) is 10.0 Å². The summed E-state index contributed by atoms with van der Waals surface area (Å²) < 4.78 is 35.9. The molecular formula is C23H24N4O4S. The Labute approximate surface area is 186 Å². The molecule has 2 N–H and O–H groups in total. The summed E-state index contributed by atoms with van der Waals surface area (Å²) in [5.41, 5.74) is 5.10. The number of imidazole rings is 1. The zero-order chi connectivity index (χ0) is 22.9. The van der Waals surface area contributed by atoms with Crippen molar-refractivity contribution in [1.29, 1.82) is 0 Å². The summed E-state index contributed by atoms with van der Waals surface area (Å²) in [7, 11) is -2.11. The molecular weight excluding hydrogens is 428 g/mol. The molecule has 4 rings (SSSR count). The molecule has 2 aromatic carbocycles. The summed E-state index contributed by atoms with van der Waals surface area (Å²) in [4.78, 5) is 4.70. The quantitative estimate of drug-likeness (QED) is 0.461. The van der Waals surface area contributed by atoms with Crippen LogP contribution in [-0.2, 0) is 16.4 Å². The van der Waals surface area contributed by atoms with E-state index in [2.05, 4.69) is 4.98 Å². The molecule has 0 aliphatic rings. The molecule has 0 saturated carbocycles. The lowest BCUT2D eigenvalue weighted by Crippen LogP contribution is -2.12. The molecule has 0 saturated heterocycles. The van der Waals surface area contributed by atoms with Crippen molar-refractivity contribution in [3.8, 4) is 22.8 Å². The summed E-state index contributed by atoms with van der Waals surface area (Å²) >= 11 is 0. The van der Waals surface area contributed by atoms with Gasteiger partial charge in [-0.1, -0.05) is 12.1 Å². The normalized spacial score (nSPS) is 11.6. The third-order valence-corrected chi connectivity index (χ3v) is 6.08. The Morgan fingerprint density at radius 2 is 1.78 bits per heavy atom. The number of methoxy groups -OCH3 is 1. The molecule has 0 bridgehead atoms. The Morgan fingerprint density at radius 1 is 1.03 bits per heavy atom. The summed E-state index contributed by atoms with van der Waals surface area (Å²) in [6.07, 6.45) is 0.543. The first-order valence-corrected chi connectivity index (χ1v) is 11.6. The van der Waals surface area contributed by atoms with Crippen molar-refractivity contribution in [3.63, 3.8) is 0 Å². The Morgan fingerprint density at radius 3 is 2.44 bits per heavy atom. The first kappa shape index (κ1) is 21.8. The van der Waals surface area contributed by atoms with Crippen LogP contribution in [0.1, 0.15) is 23.9 Å². The van der Waals surface area contributed by atoms with Gasteiger partial charge in [0, 0.05) is 12.0 Å². The minimum absolute atomic E-state index is 0.0842. The Hall–Kier alpha value is -3.43. The van der Waals surface area contributed by atoms with Gasteiger partial charge in [0.1, 0.15) is 0 Å². The van der Waals surface area contributed by atoms with Crippen LogP contribution >= 0.6 is 0 Å². The van der Waals surface area contributed by atoms with Crippen LogP contribution in [-0.4, -0.2) is 36.7 Å². The second-order valence-corrected chi connectivity index (χ2v) is 8.86. The molecule has 32 heavy (non-hydrogen) atoms. The predicted octanol–water partition coefficient (Wildman–Crippen LogP) is 3.35. The van der Waals surface area contributed by atoms with Crippen LogP contribution in [0.4, 0.5) is 0 Å². The molecule has 9 heteroatoms. The third kappa shape index (κ3) is 4.30. The van der Waals surface area contributed by atoms with Crippen LogP contribution in [0.3, 0.4) is 0 Å². The highest BCUT2D eigenvalue weighted by atomic mass is 32.2. The Bertz CT molecular complexity index is 1380. The molecule has 0 radical (unpaired) electrons. The van der Waals surface area contributed by atoms with Crippen LogP contribution in [0.15, 0.2) is 59.5 Å². The smallest absolute Gasteiger partial charge is 0.238 e. The molecule has 166 valence electrons. The number of hydrogen-bond acceptors (Lipinski definition) is 6. The van der Waals surface area contributed by atoms with Gasteiger partial charge >= 0.3 is 0 Å². The molecule has 2 heterocycles. The van der Waals surface area contributed by atoms with Gasteiger partial charge in [-0.15, -0.1) is 0 Å². The molecule has 0 amide bonds. The van der Waals surface area contributed by atoms with E-state index in [1.165, 1.54) is 12.1 Å². The third-order valence-electron chi connectivity index (χ3n) is 5.15. The van der Waals surface area contributed by atoms with Crippen molar-refractivity contribution in [2.45, 2.75) is 25.2 Å². The zero-order valence-electron chi connectivity index (χ0n) is 18.1. The summed E-state index contributed by atoms with van der Waals surface area (Å²) in [6.45, 7) is 4.41. The van der Waals surface area contributed by atoms with Gasteiger partial charge < -0.3 is 9.47 Å². The highest BCUT2D eigenvalue weighted by molar-refractivity contribution is 7.89. The second kappa shape index (κ2) is 8.60. The highest BCUT2D eigenvalue weighted by Gasteiger charge is 2.14. The van der Waals surface area contributed by atoms with Crippen molar-refractivity contribution >= 4 is 15.7 Å². The van der Waals surface area contributed by atoms with Crippen molar-refractivity contribution in [3.05, 3.63) is 71.5 Å². The maximum atomic E-state index is 11.5. The van der Waals surface area contributed by atoms with E-state index >= 15 is 0 Å². The molecule has 8 nitrogen and oxygen atoms in total. The maximum absolute atomic E-state index is 11.5. The van der Waals surface area contributed by atoms with Crippen molar-refractivity contribution in [2.75, 3.05) is 13.7 Å². The number of aromatic nitrogens is 3. The Balaban J connectivity index is 1.71. The molecule has 0 spiro atoms. The molecule has 0 unspecified atom stereocenters. The Kier molecular flexibility index (Phi) is 5.86. The van der Waals surface area contributed by atoms with Gasteiger partial charge in [-0.05, 0) is 61.9 Å². The monoisotopic (exact) mass is 452 g/mol. The number of ether oxygens (including phenoxy) is 2. The average molecular weight is 453 g/mol. The molecule has 2 aromatic heterocycles. The van der Waals surface area contributed by atoms with E-state index < -0.39 is 10.0 Å². The van der Waals surface area contributed by atoms with Gasteiger partial charge in [0.25, 0.3) is 0 Å². The first-order valence-electron chi connectivity index (χ1n) is 10.1. The average Bonchev–Trinajstić information content (AvgIpc) is 3.08. The van der Waals surface area contributed by atoms with E-state index in [0.29, 0.717) is 24.5 Å². The van der Waals surface area contributed by atoms with E-state index in [9.17, 15) is 8.42 Å². The van der Waals surface area contributed by atoms with Crippen LogP contribution in [0.5, 0.6) is 11.5 Å². The van der Waals surface area contributed by atoms with Gasteiger partial charge in [-0.2, -0.15) is 5.10 Å². The first-order chi connectivity index (χ1) is 15.3. The maximum Gasteiger partial charge on any atom is 0.238 e. The molecule has 0 atom stereocenters. The fourth-order valence-corrected chi connectivity index (χ4v) is 4.05. The lowest BCUT2D eigenvalue weighted by atomic mass is 10.1. The van der Waals surface area contributed by atoms with Crippen LogP contribution in [0, 0.1) is 6.92 Å². The fraction of sp³-hybridized carbons (Fsp3) is 0.217. The second-order valence-electron chi connectivity index (χ2n) is 7.30. The molecule has 0 aliphatic heterocycles. The summed E-state index contributed by atoms with van der Waals surface area (Å²) in [6, 6.07) is 16.1. The predicted molar refractivity (Wildman–Crippen MR) is 122 cm³/mol. The number of hydrogen-bond donors (Lipinski definition) is 1. The minimum atomic E-state index is -3.72. The van der Waals surface area contributed by atoms with E-state index in [1.54, 1.807) is 19.2 Å². The van der Waals surface area contributed by atoms with E-state index in [4.69, 9.17) is 19.7 Å². The lowest BCUT2D eigenvalue weighted by molar-refractivity contribution is 0.311. The largest absolute Gasteiger partial charge is 0.493 e. The standard InChI is InChI=1S/C23H24N4O4S/c1-4-31-21-11-7-17(14-22(21)30-3)19-10-12-23-25-15(2)20(27(23)26-19)13-16-5-8-18(9-6-16)32(24,28)29/h5-12,14H,4,13H2,1-3H3,(H2,24,28,29). The van der Waals surface area contributed by atoms with E-state index in [0.717, 1.165) is 33.9 Å². The number of primary sulfonamides is 1. The fourth-order valence-electron chi connectivity index (χ4n) is 3.54. The lowest BCUT2D eigenvalue weighted by Gasteiger charge is -2.11. The van der Waals surface area contributed by atoms with Crippen molar-refractivity contribution in [1.82, 2.24) is 14.6 Å². The van der Waals surface area contributed by atoms with E-state index in [-0.39, 0.29) is 4.90 Å².